The molecule has 1 aromatic heterocycles. The summed E-state index contributed by atoms with van der Waals surface area (Å²) in [5.74, 6) is 1.22. The van der Waals surface area contributed by atoms with Gasteiger partial charge in [0.2, 0.25) is 0 Å². The van der Waals surface area contributed by atoms with Gasteiger partial charge in [0.15, 0.2) is 11.5 Å². The topological polar surface area (TPSA) is 60.9 Å². The smallest absolute Gasteiger partial charge is 0.253 e. The van der Waals surface area contributed by atoms with Crippen LogP contribution in [-0.2, 0) is 6.61 Å². The third-order valence-electron chi connectivity index (χ3n) is 4.34. The Kier molecular flexibility index (Phi) is 7.62. The summed E-state index contributed by atoms with van der Waals surface area (Å²) < 4.78 is 29.6. The lowest BCUT2D eigenvalue weighted by molar-refractivity contribution is 0.0787. The SMILES string of the molecule is COc1cc(C(=O)N(C)CCCOc2ccc(F)cc2)ccc1OCc1cscn1. The Morgan fingerprint density at radius 2 is 1.93 bits per heavy atom. The molecule has 0 radical (unpaired) electrons. The quantitative estimate of drug-likeness (QED) is 0.446. The third-order valence-corrected chi connectivity index (χ3v) is 4.97. The van der Waals surface area contributed by atoms with Gasteiger partial charge >= 0.3 is 0 Å². The minimum atomic E-state index is -0.303. The molecule has 0 unspecified atom stereocenters. The van der Waals surface area contributed by atoms with Crippen LogP contribution in [0.1, 0.15) is 22.5 Å². The maximum absolute atomic E-state index is 12.9. The van der Waals surface area contributed by atoms with Crippen molar-refractivity contribution in [1.82, 2.24) is 9.88 Å². The summed E-state index contributed by atoms with van der Waals surface area (Å²) >= 11 is 1.50. The number of aromatic nitrogens is 1. The number of hydrogen-bond acceptors (Lipinski definition) is 6. The van der Waals surface area contributed by atoms with E-state index in [1.807, 2.05) is 5.38 Å². The molecule has 1 amide bonds. The molecule has 0 bridgehead atoms. The summed E-state index contributed by atoms with van der Waals surface area (Å²) in [6.07, 6.45) is 0.644. The Hall–Kier alpha value is -3.13. The standard InChI is InChI=1S/C22H23FN2O4S/c1-25(10-3-11-28-19-7-5-17(23)6-8-19)22(26)16-4-9-20(21(12-16)27-2)29-13-18-14-30-15-24-18/h4-9,12,14-15H,3,10-11,13H2,1-2H3. The van der Waals surface area contributed by atoms with Crippen molar-refractivity contribution in [2.24, 2.45) is 0 Å². The highest BCUT2D eigenvalue weighted by molar-refractivity contribution is 7.07. The van der Waals surface area contributed by atoms with Gasteiger partial charge in [0.1, 0.15) is 18.2 Å². The molecule has 0 fully saturated rings. The number of carbonyl (C=O) groups is 1. The third kappa shape index (κ3) is 5.93. The van der Waals surface area contributed by atoms with Crippen LogP contribution in [0.25, 0.3) is 0 Å². The molecule has 0 saturated carbocycles. The molecular formula is C22H23FN2O4S. The van der Waals surface area contributed by atoms with E-state index in [1.165, 1.54) is 30.6 Å². The molecule has 158 valence electrons. The molecule has 3 aromatic rings. The second-order valence-corrected chi connectivity index (χ2v) is 7.24. The predicted octanol–water partition coefficient (Wildman–Crippen LogP) is 4.41. The average molecular weight is 431 g/mol. The van der Waals surface area contributed by atoms with Gasteiger partial charge in [0.05, 0.1) is 24.9 Å². The number of benzene rings is 2. The molecule has 0 aliphatic heterocycles. The lowest BCUT2D eigenvalue weighted by atomic mass is 10.1. The Bertz CT molecular complexity index is 948. The zero-order valence-corrected chi connectivity index (χ0v) is 17.7. The summed E-state index contributed by atoms with van der Waals surface area (Å²) in [4.78, 5) is 18.5. The van der Waals surface area contributed by atoms with E-state index in [-0.39, 0.29) is 11.7 Å². The first kappa shape index (κ1) is 21.6. The number of halogens is 1. The fourth-order valence-corrected chi connectivity index (χ4v) is 3.27. The van der Waals surface area contributed by atoms with E-state index in [9.17, 15) is 9.18 Å². The molecule has 2 aromatic carbocycles. The van der Waals surface area contributed by atoms with Gasteiger partial charge in [-0.25, -0.2) is 9.37 Å². The molecule has 0 aliphatic rings. The first-order valence-electron chi connectivity index (χ1n) is 9.38. The normalized spacial score (nSPS) is 10.5. The number of nitrogens with zero attached hydrogens (tertiary/aromatic N) is 2. The van der Waals surface area contributed by atoms with E-state index >= 15 is 0 Å². The number of methoxy groups -OCH3 is 1. The summed E-state index contributed by atoms with van der Waals surface area (Å²) in [5.41, 5.74) is 3.10. The molecule has 6 nitrogen and oxygen atoms in total. The van der Waals surface area contributed by atoms with Gasteiger partial charge in [-0.15, -0.1) is 11.3 Å². The largest absolute Gasteiger partial charge is 0.494 e. The zero-order chi connectivity index (χ0) is 21.3. The minimum absolute atomic E-state index is 0.124. The Morgan fingerprint density at radius 3 is 2.63 bits per heavy atom. The lowest BCUT2D eigenvalue weighted by Gasteiger charge is -2.18. The molecule has 1 heterocycles. The van der Waals surface area contributed by atoms with E-state index in [4.69, 9.17) is 14.2 Å². The molecule has 0 saturated heterocycles. The maximum Gasteiger partial charge on any atom is 0.253 e. The van der Waals surface area contributed by atoms with E-state index in [0.29, 0.717) is 49.0 Å². The van der Waals surface area contributed by atoms with Crippen molar-refractivity contribution in [3.8, 4) is 17.2 Å². The molecule has 0 aliphatic carbocycles. The average Bonchev–Trinajstić information content (AvgIpc) is 3.29. The van der Waals surface area contributed by atoms with Crippen molar-refractivity contribution in [3.05, 3.63) is 70.4 Å². The van der Waals surface area contributed by atoms with Crippen molar-refractivity contribution in [2.75, 3.05) is 27.3 Å². The van der Waals surface area contributed by atoms with Gasteiger partial charge in [-0.1, -0.05) is 0 Å². The highest BCUT2D eigenvalue weighted by atomic mass is 32.1. The lowest BCUT2D eigenvalue weighted by Crippen LogP contribution is -2.28. The number of ether oxygens (including phenoxy) is 3. The first-order valence-corrected chi connectivity index (χ1v) is 10.3. The second-order valence-electron chi connectivity index (χ2n) is 6.52. The van der Waals surface area contributed by atoms with Crippen LogP contribution in [-0.4, -0.2) is 43.1 Å². The number of carbonyl (C=O) groups excluding carboxylic acids is 1. The molecular weight excluding hydrogens is 407 g/mol. The highest BCUT2D eigenvalue weighted by Gasteiger charge is 2.15. The van der Waals surface area contributed by atoms with Gasteiger partial charge in [0, 0.05) is 24.5 Å². The van der Waals surface area contributed by atoms with Gasteiger partial charge in [-0.3, -0.25) is 4.79 Å². The van der Waals surface area contributed by atoms with Crippen molar-refractivity contribution in [3.63, 3.8) is 0 Å². The maximum atomic E-state index is 12.9. The molecule has 0 atom stereocenters. The zero-order valence-electron chi connectivity index (χ0n) is 16.8. The first-order chi connectivity index (χ1) is 14.6. The van der Waals surface area contributed by atoms with Crippen LogP contribution in [0.2, 0.25) is 0 Å². The van der Waals surface area contributed by atoms with Gasteiger partial charge in [0.25, 0.3) is 5.91 Å². The van der Waals surface area contributed by atoms with Gasteiger partial charge < -0.3 is 19.1 Å². The second kappa shape index (κ2) is 10.6. The molecule has 0 spiro atoms. The van der Waals surface area contributed by atoms with Gasteiger partial charge in [-0.05, 0) is 48.9 Å². The number of thiazole rings is 1. The van der Waals surface area contributed by atoms with Crippen LogP contribution < -0.4 is 14.2 Å². The van der Waals surface area contributed by atoms with Crippen LogP contribution in [0, 0.1) is 5.82 Å². The number of amides is 1. The van der Waals surface area contributed by atoms with Crippen LogP contribution in [0.4, 0.5) is 4.39 Å². The number of hydrogen-bond donors (Lipinski definition) is 0. The molecule has 8 heteroatoms. The van der Waals surface area contributed by atoms with Crippen LogP contribution in [0.15, 0.2) is 53.4 Å². The van der Waals surface area contributed by atoms with Crippen LogP contribution in [0.3, 0.4) is 0 Å². The van der Waals surface area contributed by atoms with Crippen molar-refractivity contribution in [2.45, 2.75) is 13.0 Å². The highest BCUT2D eigenvalue weighted by Crippen LogP contribution is 2.29. The Morgan fingerprint density at radius 1 is 1.13 bits per heavy atom. The van der Waals surface area contributed by atoms with Crippen LogP contribution in [0.5, 0.6) is 17.2 Å². The summed E-state index contributed by atoms with van der Waals surface area (Å²) in [6, 6.07) is 11.0. The summed E-state index contributed by atoms with van der Waals surface area (Å²) in [6.45, 7) is 1.28. The van der Waals surface area contributed by atoms with Gasteiger partial charge in [-0.2, -0.15) is 0 Å². The van der Waals surface area contributed by atoms with E-state index in [1.54, 1.807) is 47.8 Å². The van der Waals surface area contributed by atoms with Crippen molar-refractivity contribution >= 4 is 17.2 Å². The number of rotatable bonds is 10. The Balaban J connectivity index is 1.51. The van der Waals surface area contributed by atoms with Crippen molar-refractivity contribution < 1.29 is 23.4 Å². The molecule has 0 N–H and O–H groups in total. The van der Waals surface area contributed by atoms with E-state index < -0.39 is 0 Å². The molecule has 30 heavy (non-hydrogen) atoms. The van der Waals surface area contributed by atoms with E-state index in [2.05, 4.69) is 4.98 Å². The molecule has 3 rings (SSSR count). The summed E-state index contributed by atoms with van der Waals surface area (Å²) in [7, 11) is 3.27. The monoisotopic (exact) mass is 430 g/mol. The van der Waals surface area contributed by atoms with Crippen LogP contribution >= 0.6 is 11.3 Å². The summed E-state index contributed by atoms with van der Waals surface area (Å²) in [5, 5.41) is 1.92. The fraction of sp³-hybridized carbons (Fsp3) is 0.273. The predicted molar refractivity (Wildman–Crippen MR) is 113 cm³/mol. The van der Waals surface area contributed by atoms with Crippen molar-refractivity contribution in [1.29, 1.82) is 0 Å². The fourth-order valence-electron chi connectivity index (χ4n) is 2.72. The minimum Gasteiger partial charge on any atom is -0.494 e. The van der Waals surface area contributed by atoms with E-state index in [0.717, 1.165) is 5.69 Å². The Labute approximate surface area is 178 Å².